The minimum atomic E-state index is -0.513. The van der Waals surface area contributed by atoms with Crippen LogP contribution in [0.1, 0.15) is 5.56 Å². The first-order valence-corrected chi connectivity index (χ1v) is 7.67. The number of aryl methyl sites for hydroxylation is 1. The van der Waals surface area contributed by atoms with Gasteiger partial charge in [0.15, 0.2) is 0 Å². The van der Waals surface area contributed by atoms with Crippen LogP contribution in [0.3, 0.4) is 0 Å². The Morgan fingerprint density at radius 3 is 2.60 bits per heavy atom. The van der Waals surface area contributed by atoms with Gasteiger partial charge >= 0.3 is 5.63 Å². The Labute approximate surface area is 142 Å². The molecule has 4 rings (SSSR count). The number of rotatable bonds is 3. The van der Waals surface area contributed by atoms with Gasteiger partial charge in [-0.1, -0.05) is 16.8 Å². The molecule has 0 aliphatic carbocycles. The SMILES string of the molecule is COc1ccc(-c2noc(-c3cc4cc(C)ccc4oc3=O)n2)cc1. The topological polar surface area (TPSA) is 78.4 Å². The molecular weight excluding hydrogens is 320 g/mol. The molecule has 6 nitrogen and oxygen atoms in total. The summed E-state index contributed by atoms with van der Waals surface area (Å²) >= 11 is 0. The number of fused-ring (bicyclic) bond motifs is 1. The van der Waals surface area contributed by atoms with Gasteiger partial charge in [0, 0.05) is 10.9 Å². The van der Waals surface area contributed by atoms with Gasteiger partial charge in [-0.25, -0.2) is 4.79 Å². The molecule has 25 heavy (non-hydrogen) atoms. The van der Waals surface area contributed by atoms with Crippen molar-refractivity contribution in [1.82, 2.24) is 10.1 Å². The van der Waals surface area contributed by atoms with Crippen molar-refractivity contribution in [3.8, 4) is 28.6 Å². The fraction of sp³-hybridized carbons (Fsp3) is 0.105. The normalized spacial score (nSPS) is 11.0. The first-order valence-electron chi connectivity index (χ1n) is 7.67. The van der Waals surface area contributed by atoms with E-state index in [-0.39, 0.29) is 11.5 Å². The molecule has 0 atom stereocenters. The summed E-state index contributed by atoms with van der Waals surface area (Å²) in [5, 5.41) is 4.75. The minimum Gasteiger partial charge on any atom is -0.497 e. The van der Waals surface area contributed by atoms with E-state index in [4.69, 9.17) is 13.7 Å². The zero-order valence-electron chi connectivity index (χ0n) is 13.6. The summed E-state index contributed by atoms with van der Waals surface area (Å²) in [6.07, 6.45) is 0. The lowest BCUT2D eigenvalue weighted by atomic mass is 10.1. The molecular formula is C19H14N2O4. The summed E-state index contributed by atoms with van der Waals surface area (Å²) in [6.45, 7) is 1.97. The van der Waals surface area contributed by atoms with Crippen LogP contribution in [0.15, 0.2) is 62.3 Å². The minimum absolute atomic E-state index is 0.128. The van der Waals surface area contributed by atoms with Gasteiger partial charge < -0.3 is 13.7 Å². The summed E-state index contributed by atoms with van der Waals surface area (Å²) in [7, 11) is 1.60. The van der Waals surface area contributed by atoms with Crippen LogP contribution in [0.25, 0.3) is 33.8 Å². The van der Waals surface area contributed by atoms with Crippen molar-refractivity contribution >= 4 is 11.0 Å². The van der Waals surface area contributed by atoms with Crippen LogP contribution < -0.4 is 10.4 Å². The van der Waals surface area contributed by atoms with Crippen LogP contribution in [0, 0.1) is 6.92 Å². The molecule has 0 N–H and O–H groups in total. The monoisotopic (exact) mass is 334 g/mol. The third kappa shape index (κ3) is 2.78. The van der Waals surface area contributed by atoms with Crippen LogP contribution in [-0.2, 0) is 0 Å². The van der Waals surface area contributed by atoms with Crippen molar-refractivity contribution in [3.63, 3.8) is 0 Å². The van der Waals surface area contributed by atoms with Crippen molar-refractivity contribution < 1.29 is 13.7 Å². The van der Waals surface area contributed by atoms with Crippen molar-refractivity contribution in [1.29, 1.82) is 0 Å². The Bertz CT molecular complexity index is 1110. The lowest BCUT2D eigenvalue weighted by Crippen LogP contribution is -2.02. The van der Waals surface area contributed by atoms with Crippen molar-refractivity contribution in [3.05, 3.63) is 64.5 Å². The Morgan fingerprint density at radius 1 is 1.04 bits per heavy atom. The highest BCUT2D eigenvalue weighted by molar-refractivity contribution is 5.81. The molecule has 0 amide bonds. The average molecular weight is 334 g/mol. The number of ether oxygens (including phenoxy) is 1. The van der Waals surface area contributed by atoms with Gasteiger partial charge in [0.25, 0.3) is 5.89 Å². The fourth-order valence-corrected chi connectivity index (χ4v) is 2.58. The predicted molar refractivity (Wildman–Crippen MR) is 92.5 cm³/mol. The van der Waals surface area contributed by atoms with Crippen LogP contribution in [-0.4, -0.2) is 17.3 Å². The summed E-state index contributed by atoms with van der Waals surface area (Å²) in [4.78, 5) is 16.6. The second-order valence-electron chi connectivity index (χ2n) is 5.64. The summed E-state index contributed by atoms with van der Waals surface area (Å²) < 4.78 is 15.7. The number of nitrogens with zero attached hydrogens (tertiary/aromatic N) is 2. The maximum Gasteiger partial charge on any atom is 0.349 e. The zero-order chi connectivity index (χ0) is 17.4. The highest BCUT2D eigenvalue weighted by Crippen LogP contribution is 2.24. The van der Waals surface area contributed by atoms with E-state index in [1.165, 1.54) is 0 Å². The molecule has 0 fully saturated rings. The van der Waals surface area contributed by atoms with Crippen molar-refractivity contribution in [2.24, 2.45) is 0 Å². The maximum atomic E-state index is 12.2. The van der Waals surface area contributed by atoms with E-state index in [1.54, 1.807) is 31.4 Å². The second kappa shape index (κ2) is 5.90. The maximum absolute atomic E-state index is 12.2. The van der Waals surface area contributed by atoms with Gasteiger partial charge in [-0.05, 0) is 49.4 Å². The molecule has 2 aromatic carbocycles. The predicted octanol–water partition coefficient (Wildman–Crippen LogP) is 3.83. The van der Waals surface area contributed by atoms with E-state index in [0.29, 0.717) is 11.4 Å². The molecule has 4 aromatic rings. The Kier molecular flexibility index (Phi) is 3.57. The molecule has 6 heteroatoms. The van der Waals surface area contributed by atoms with Crippen LogP contribution >= 0.6 is 0 Å². The number of benzene rings is 2. The highest BCUT2D eigenvalue weighted by Gasteiger charge is 2.16. The smallest absolute Gasteiger partial charge is 0.349 e. The average Bonchev–Trinajstić information content (AvgIpc) is 3.11. The Balaban J connectivity index is 1.77. The van der Waals surface area contributed by atoms with E-state index < -0.39 is 5.63 Å². The molecule has 0 aliphatic heterocycles. The highest BCUT2D eigenvalue weighted by atomic mass is 16.5. The van der Waals surface area contributed by atoms with E-state index in [0.717, 1.165) is 22.3 Å². The molecule has 2 heterocycles. The number of hydrogen-bond acceptors (Lipinski definition) is 6. The zero-order valence-corrected chi connectivity index (χ0v) is 13.6. The van der Waals surface area contributed by atoms with Gasteiger partial charge in [-0.3, -0.25) is 0 Å². The molecule has 0 unspecified atom stereocenters. The fourth-order valence-electron chi connectivity index (χ4n) is 2.58. The lowest BCUT2D eigenvalue weighted by molar-refractivity contribution is 0.414. The lowest BCUT2D eigenvalue weighted by Gasteiger charge is -2.00. The first kappa shape index (κ1) is 15.1. The van der Waals surface area contributed by atoms with E-state index in [2.05, 4.69) is 10.1 Å². The van der Waals surface area contributed by atoms with Gasteiger partial charge in [-0.2, -0.15) is 4.98 Å². The quantitative estimate of drug-likeness (QED) is 0.530. The third-order valence-corrected chi connectivity index (χ3v) is 3.89. The van der Waals surface area contributed by atoms with Gasteiger partial charge in [0.05, 0.1) is 7.11 Å². The summed E-state index contributed by atoms with van der Waals surface area (Å²) in [5.41, 5.74) is 2.08. The van der Waals surface area contributed by atoms with Crippen molar-refractivity contribution in [2.45, 2.75) is 6.92 Å². The van der Waals surface area contributed by atoms with Crippen LogP contribution in [0.5, 0.6) is 5.75 Å². The molecule has 0 radical (unpaired) electrons. The van der Waals surface area contributed by atoms with Gasteiger partial charge in [0.2, 0.25) is 5.82 Å². The van der Waals surface area contributed by atoms with E-state index in [1.807, 2.05) is 31.2 Å². The standard InChI is InChI=1S/C19H14N2O4/c1-11-3-8-16-13(9-11)10-15(19(22)24-16)18-20-17(21-25-18)12-4-6-14(23-2)7-5-12/h3-10H,1-2H3. The summed E-state index contributed by atoms with van der Waals surface area (Å²) in [6, 6.07) is 14.5. The van der Waals surface area contributed by atoms with E-state index in [9.17, 15) is 4.79 Å². The number of hydrogen-bond donors (Lipinski definition) is 0. The molecule has 0 bridgehead atoms. The van der Waals surface area contributed by atoms with Crippen molar-refractivity contribution in [2.75, 3.05) is 7.11 Å². The molecule has 0 saturated heterocycles. The van der Waals surface area contributed by atoms with Crippen LogP contribution in [0.2, 0.25) is 0 Å². The second-order valence-corrected chi connectivity index (χ2v) is 5.64. The van der Waals surface area contributed by atoms with Crippen LogP contribution in [0.4, 0.5) is 0 Å². The Hall–Kier alpha value is -3.41. The van der Waals surface area contributed by atoms with Gasteiger partial charge in [-0.15, -0.1) is 0 Å². The molecule has 0 saturated carbocycles. The molecule has 0 spiro atoms. The molecule has 0 aliphatic rings. The van der Waals surface area contributed by atoms with E-state index >= 15 is 0 Å². The van der Waals surface area contributed by atoms with Gasteiger partial charge in [0.1, 0.15) is 16.9 Å². The molecule has 124 valence electrons. The summed E-state index contributed by atoms with van der Waals surface area (Å²) in [5.74, 6) is 1.25. The number of methoxy groups -OCH3 is 1. The molecule has 2 aromatic heterocycles. The third-order valence-electron chi connectivity index (χ3n) is 3.89. The first-order chi connectivity index (χ1) is 12.1. The largest absolute Gasteiger partial charge is 0.497 e. The Morgan fingerprint density at radius 2 is 1.84 bits per heavy atom. The number of aromatic nitrogens is 2.